The van der Waals surface area contributed by atoms with Gasteiger partial charge in [0, 0.05) is 12.2 Å². The highest BCUT2D eigenvalue weighted by atomic mass is 16.7. The molecule has 0 aromatic heterocycles. The first-order chi connectivity index (χ1) is 12.2. The second-order valence-corrected chi connectivity index (χ2v) is 7.61. The largest absolute Gasteiger partial charge is 0.495 e. The number of hydrogen-bond acceptors (Lipinski definition) is 4. The van der Waals surface area contributed by atoms with E-state index in [1.807, 2.05) is 55.5 Å². The fourth-order valence-electron chi connectivity index (χ4n) is 3.05. The van der Waals surface area contributed by atoms with Crippen LogP contribution in [0.5, 0.6) is 0 Å². The smallest absolute Gasteiger partial charge is 0.399 e. The molecule has 1 saturated heterocycles. The number of hydrogen-bond donors (Lipinski definition) is 1. The monoisotopic (exact) mass is 354 g/mol. The van der Waals surface area contributed by atoms with E-state index in [2.05, 4.69) is 27.7 Å². The van der Waals surface area contributed by atoms with E-state index < -0.39 is 24.6 Å². The van der Waals surface area contributed by atoms with Crippen LogP contribution in [-0.2, 0) is 14.0 Å². The zero-order valence-corrected chi connectivity index (χ0v) is 16.2. The van der Waals surface area contributed by atoms with Gasteiger partial charge >= 0.3 is 7.12 Å². The summed E-state index contributed by atoms with van der Waals surface area (Å²) in [6.45, 7) is 10.5. The third-order valence-corrected chi connectivity index (χ3v) is 5.28. The van der Waals surface area contributed by atoms with Crippen molar-refractivity contribution in [3.05, 3.63) is 54.1 Å². The fraction of sp³-hybridized carbons (Fsp3) is 0.429. The Morgan fingerprint density at radius 2 is 1.65 bits per heavy atom. The highest BCUT2D eigenvalue weighted by molar-refractivity contribution is 6.63. The Hall–Kier alpha value is -1.66. The van der Waals surface area contributed by atoms with E-state index in [1.54, 1.807) is 0 Å². The predicted molar refractivity (Wildman–Crippen MR) is 104 cm³/mol. The molecule has 138 valence electrons. The van der Waals surface area contributed by atoms with E-state index in [-0.39, 0.29) is 0 Å². The normalized spacial score (nSPS) is 19.5. The molecule has 1 atom stereocenters. The quantitative estimate of drug-likeness (QED) is 0.657. The minimum Gasteiger partial charge on any atom is -0.399 e. The van der Waals surface area contributed by atoms with Crippen molar-refractivity contribution in [1.29, 1.82) is 0 Å². The summed E-state index contributed by atoms with van der Waals surface area (Å²) in [4.78, 5) is 0. The molecule has 0 bridgehead atoms. The Kier molecular flexibility index (Phi) is 5.27. The highest BCUT2D eigenvalue weighted by Gasteiger charge is 2.52. The van der Waals surface area contributed by atoms with Crippen molar-refractivity contribution >= 4 is 12.6 Å². The molecule has 0 aliphatic carbocycles. The molecule has 0 spiro atoms. The first-order valence-corrected chi connectivity index (χ1v) is 9.10. The molecule has 2 aromatic rings. The maximum atomic E-state index is 10.1. The molecule has 2 aromatic carbocycles. The summed E-state index contributed by atoms with van der Waals surface area (Å²) in [5.74, 6) is 0. The van der Waals surface area contributed by atoms with Gasteiger partial charge in [-0.1, -0.05) is 42.5 Å². The van der Waals surface area contributed by atoms with Crippen molar-refractivity contribution in [3.8, 4) is 11.1 Å². The second kappa shape index (κ2) is 7.16. The van der Waals surface area contributed by atoms with Crippen molar-refractivity contribution in [3.63, 3.8) is 0 Å². The minimum absolute atomic E-state index is 0.391. The summed E-state index contributed by atoms with van der Waals surface area (Å²) in [5, 5.41) is 10.1. The number of ether oxygens (including phenoxy) is 1. The lowest BCUT2D eigenvalue weighted by molar-refractivity contribution is -0.0979. The Bertz CT molecular complexity index is 756. The maximum Gasteiger partial charge on any atom is 0.495 e. The first-order valence-electron chi connectivity index (χ1n) is 9.10. The van der Waals surface area contributed by atoms with E-state index in [9.17, 15) is 5.11 Å². The average molecular weight is 354 g/mol. The summed E-state index contributed by atoms with van der Waals surface area (Å²) in [5.41, 5.74) is 2.95. The molecule has 26 heavy (non-hydrogen) atoms. The minimum atomic E-state index is -0.927. The number of aliphatic hydroxyl groups is 1. The molecule has 1 heterocycles. The summed E-state index contributed by atoms with van der Waals surface area (Å²) < 4.78 is 17.8. The van der Waals surface area contributed by atoms with Gasteiger partial charge in [0.05, 0.1) is 11.2 Å². The Balaban J connectivity index is 1.98. The zero-order chi connectivity index (χ0) is 18.9. The molecule has 3 rings (SSSR count). The van der Waals surface area contributed by atoms with Gasteiger partial charge in [0.1, 0.15) is 0 Å². The van der Waals surface area contributed by atoms with E-state index in [0.717, 1.165) is 22.2 Å². The summed E-state index contributed by atoms with van der Waals surface area (Å²) in [7, 11) is -0.434. The number of rotatable bonds is 5. The van der Waals surface area contributed by atoms with Crippen molar-refractivity contribution in [2.45, 2.75) is 52.1 Å². The molecule has 5 heteroatoms. The van der Waals surface area contributed by atoms with Gasteiger partial charge in [-0.05, 0) is 57.3 Å². The average Bonchev–Trinajstić information content (AvgIpc) is 2.83. The van der Waals surface area contributed by atoms with Crippen molar-refractivity contribution in [2.24, 2.45) is 0 Å². The predicted octanol–water partition coefficient (Wildman–Crippen LogP) is 3.68. The second-order valence-electron chi connectivity index (χ2n) is 7.61. The lowest BCUT2D eigenvalue weighted by Crippen LogP contribution is -2.41. The van der Waals surface area contributed by atoms with E-state index in [0.29, 0.717) is 6.61 Å². The van der Waals surface area contributed by atoms with Gasteiger partial charge in [-0.25, -0.2) is 0 Å². The Labute approximate surface area is 156 Å². The number of aliphatic hydroxyl groups excluding tert-OH is 1. The van der Waals surface area contributed by atoms with Crippen LogP contribution < -0.4 is 5.46 Å². The lowest BCUT2D eigenvalue weighted by Gasteiger charge is -2.32. The van der Waals surface area contributed by atoms with Crippen LogP contribution in [0.15, 0.2) is 48.5 Å². The first kappa shape index (κ1) is 19.1. The van der Waals surface area contributed by atoms with Gasteiger partial charge in [0.15, 0.2) is 6.29 Å². The van der Waals surface area contributed by atoms with Gasteiger partial charge in [0.2, 0.25) is 0 Å². The van der Waals surface area contributed by atoms with Crippen LogP contribution in [0.1, 0.15) is 46.5 Å². The topological polar surface area (TPSA) is 47.9 Å². The van der Waals surface area contributed by atoms with Crippen molar-refractivity contribution < 1.29 is 19.2 Å². The van der Waals surface area contributed by atoms with Crippen molar-refractivity contribution in [2.75, 3.05) is 6.61 Å². The summed E-state index contributed by atoms with van der Waals surface area (Å²) in [6.07, 6.45) is -0.927. The third kappa shape index (κ3) is 3.58. The van der Waals surface area contributed by atoms with Crippen LogP contribution in [0.3, 0.4) is 0 Å². The summed E-state index contributed by atoms with van der Waals surface area (Å²) in [6, 6.07) is 15.8. The van der Waals surface area contributed by atoms with E-state index in [1.165, 1.54) is 0 Å². The van der Waals surface area contributed by atoms with Crippen molar-refractivity contribution in [1.82, 2.24) is 0 Å². The zero-order valence-electron chi connectivity index (χ0n) is 16.2. The Morgan fingerprint density at radius 3 is 2.31 bits per heavy atom. The highest BCUT2D eigenvalue weighted by Crippen LogP contribution is 2.37. The molecule has 1 aliphatic rings. The molecule has 4 nitrogen and oxygen atoms in total. The van der Waals surface area contributed by atoms with E-state index in [4.69, 9.17) is 14.0 Å². The molecule has 0 radical (unpaired) electrons. The van der Waals surface area contributed by atoms with Gasteiger partial charge in [-0.3, -0.25) is 0 Å². The van der Waals surface area contributed by atoms with E-state index >= 15 is 0 Å². The fourth-order valence-corrected chi connectivity index (χ4v) is 3.05. The van der Waals surface area contributed by atoms with Gasteiger partial charge < -0.3 is 19.2 Å². The lowest BCUT2D eigenvalue weighted by atomic mass is 9.74. The number of benzene rings is 2. The molecule has 1 fully saturated rings. The summed E-state index contributed by atoms with van der Waals surface area (Å²) >= 11 is 0. The molecule has 0 saturated carbocycles. The van der Waals surface area contributed by atoms with Crippen LogP contribution in [0.4, 0.5) is 0 Å². The van der Waals surface area contributed by atoms with Gasteiger partial charge in [-0.2, -0.15) is 0 Å². The van der Waals surface area contributed by atoms with Gasteiger partial charge in [-0.15, -0.1) is 0 Å². The molecule has 0 amide bonds. The maximum absolute atomic E-state index is 10.1. The van der Waals surface area contributed by atoms with Gasteiger partial charge in [0.25, 0.3) is 0 Å². The van der Waals surface area contributed by atoms with Crippen LogP contribution in [-0.4, -0.2) is 30.0 Å². The SMILES string of the molecule is CCOC(O)c1cccc(-c2ccccc2B2OC(C)(C)C(C)(C)O2)c1. The molecular formula is C21H27BO4. The van der Waals surface area contributed by atoms with Crippen LogP contribution >= 0.6 is 0 Å². The van der Waals surface area contributed by atoms with Crippen LogP contribution in [0.25, 0.3) is 11.1 Å². The molecule has 1 N–H and O–H groups in total. The third-order valence-electron chi connectivity index (χ3n) is 5.28. The molecule has 1 unspecified atom stereocenters. The van der Waals surface area contributed by atoms with Crippen LogP contribution in [0.2, 0.25) is 0 Å². The Morgan fingerprint density at radius 1 is 1.00 bits per heavy atom. The molecule has 1 aliphatic heterocycles. The standard InChI is InChI=1S/C21H27BO4/c1-6-24-19(23)16-11-9-10-15(14-16)17-12-7-8-13-18(17)22-25-20(2,3)21(4,5)26-22/h7-14,19,23H,6H2,1-5H3. The van der Waals surface area contributed by atoms with Crippen LogP contribution in [0, 0.1) is 0 Å². The molecular weight excluding hydrogens is 327 g/mol.